The molecule has 1 heterocycles. The highest BCUT2D eigenvalue weighted by molar-refractivity contribution is 7.17. The Morgan fingerprint density at radius 2 is 2.04 bits per heavy atom. The van der Waals surface area contributed by atoms with Crippen LogP contribution >= 0.6 is 11.3 Å². The molecule has 6 heteroatoms. The van der Waals surface area contributed by atoms with E-state index in [1.807, 2.05) is 0 Å². The Balaban J connectivity index is 2.21. The minimum Gasteiger partial charge on any atom is -0.465 e. The zero-order valence-electron chi connectivity index (χ0n) is 14.6. The van der Waals surface area contributed by atoms with E-state index in [2.05, 4.69) is 24.1 Å². The van der Waals surface area contributed by atoms with Gasteiger partial charge < -0.3 is 10.1 Å². The lowest BCUT2D eigenvalue weighted by atomic mass is 9.88. The van der Waals surface area contributed by atoms with Crippen LogP contribution in [0.25, 0.3) is 0 Å². The van der Waals surface area contributed by atoms with E-state index in [9.17, 15) is 9.59 Å². The minimum atomic E-state index is -0.411. The van der Waals surface area contributed by atoms with E-state index in [4.69, 9.17) is 17.6 Å². The largest absolute Gasteiger partial charge is 0.465 e. The van der Waals surface area contributed by atoms with E-state index in [0.717, 1.165) is 29.7 Å². The molecule has 5 nitrogen and oxygen atoms in total. The summed E-state index contributed by atoms with van der Waals surface area (Å²) in [7, 11) is 1.35. The van der Waals surface area contributed by atoms with Crippen molar-refractivity contribution >= 4 is 28.2 Å². The van der Waals surface area contributed by atoms with Crippen LogP contribution in [0.1, 0.15) is 34.1 Å². The van der Waals surface area contributed by atoms with E-state index in [1.165, 1.54) is 18.4 Å². The number of nitrogens with one attached hydrogen (secondary N) is 1. The summed E-state index contributed by atoms with van der Waals surface area (Å²) in [6.45, 7) is 2.85. The highest BCUT2D eigenvalue weighted by Crippen LogP contribution is 2.39. The number of esters is 1. The van der Waals surface area contributed by atoms with Crippen LogP contribution in [0.4, 0.5) is 5.00 Å². The normalized spacial score (nSPS) is 15.8. The van der Waals surface area contributed by atoms with Gasteiger partial charge in [0, 0.05) is 4.88 Å². The molecule has 1 aliphatic rings. The fraction of sp³-hybridized carbons (Fsp3) is 0.474. The van der Waals surface area contributed by atoms with Gasteiger partial charge in [-0.25, -0.2) is 4.79 Å². The first kappa shape index (κ1) is 19.1. The number of rotatable bonds is 6. The number of amides is 1. The van der Waals surface area contributed by atoms with Gasteiger partial charge in [-0.3, -0.25) is 9.69 Å². The molecular formula is C19H22N2O3S. The molecule has 0 fully saturated rings. The number of nitrogens with zero attached hydrogens (tertiary/aromatic N) is 1. The Labute approximate surface area is 152 Å². The third kappa shape index (κ3) is 4.63. The van der Waals surface area contributed by atoms with Gasteiger partial charge in [-0.05, 0) is 30.7 Å². The van der Waals surface area contributed by atoms with Crippen LogP contribution in [0.2, 0.25) is 0 Å². The fourth-order valence-electron chi connectivity index (χ4n) is 2.95. The SMILES string of the molecule is C#CCN(CC#C)CC(=O)Nc1sc2c(c1C(=O)OC)CCC(C)C2. The van der Waals surface area contributed by atoms with Gasteiger partial charge in [0.2, 0.25) is 5.91 Å². The summed E-state index contributed by atoms with van der Waals surface area (Å²) in [5.74, 6) is 4.88. The number of fused-ring (bicyclic) bond motifs is 1. The van der Waals surface area contributed by atoms with Crippen molar-refractivity contribution in [2.45, 2.75) is 26.2 Å². The number of hydrogen-bond donors (Lipinski definition) is 1. The average molecular weight is 358 g/mol. The summed E-state index contributed by atoms with van der Waals surface area (Å²) in [5, 5.41) is 3.40. The van der Waals surface area contributed by atoms with Crippen molar-refractivity contribution in [3.63, 3.8) is 0 Å². The Bertz CT molecular complexity index is 723. The molecule has 1 aliphatic carbocycles. The van der Waals surface area contributed by atoms with Crippen molar-refractivity contribution in [1.82, 2.24) is 4.90 Å². The number of ether oxygens (including phenoxy) is 1. The van der Waals surface area contributed by atoms with Gasteiger partial charge >= 0.3 is 5.97 Å². The number of methoxy groups -OCH3 is 1. The maximum absolute atomic E-state index is 12.4. The van der Waals surface area contributed by atoms with Gasteiger partial charge in [0.25, 0.3) is 0 Å². The standard InChI is InChI=1S/C19H22N2O3S/c1-5-9-21(10-6-2)12-16(22)20-18-17(19(23)24-4)14-8-7-13(3)11-15(14)25-18/h1-2,13H,7-12H2,3-4H3,(H,20,22). The molecule has 1 N–H and O–H groups in total. The molecule has 1 amide bonds. The monoisotopic (exact) mass is 358 g/mol. The predicted octanol–water partition coefficient (Wildman–Crippen LogP) is 2.17. The maximum Gasteiger partial charge on any atom is 0.341 e. The molecule has 2 rings (SSSR count). The number of hydrogen-bond acceptors (Lipinski definition) is 5. The van der Waals surface area contributed by atoms with Crippen LogP contribution < -0.4 is 5.32 Å². The molecule has 0 aromatic carbocycles. The highest BCUT2D eigenvalue weighted by atomic mass is 32.1. The van der Waals surface area contributed by atoms with Crippen LogP contribution in [-0.2, 0) is 22.4 Å². The molecule has 0 bridgehead atoms. The third-order valence-electron chi connectivity index (χ3n) is 4.15. The van der Waals surface area contributed by atoms with Crippen LogP contribution in [0.5, 0.6) is 0 Å². The van der Waals surface area contributed by atoms with Gasteiger partial charge in [0.05, 0.1) is 32.3 Å². The topological polar surface area (TPSA) is 58.6 Å². The molecule has 1 unspecified atom stereocenters. The lowest BCUT2D eigenvalue weighted by Crippen LogP contribution is -2.34. The summed E-state index contributed by atoms with van der Waals surface area (Å²) in [6, 6.07) is 0. The molecule has 1 aromatic rings. The molecule has 1 aromatic heterocycles. The first-order valence-corrected chi connectivity index (χ1v) is 8.93. The lowest BCUT2D eigenvalue weighted by molar-refractivity contribution is -0.117. The van der Waals surface area contributed by atoms with E-state index in [-0.39, 0.29) is 12.5 Å². The van der Waals surface area contributed by atoms with Crippen LogP contribution in [0, 0.1) is 30.6 Å². The van der Waals surface area contributed by atoms with Crippen molar-refractivity contribution in [3.8, 4) is 24.7 Å². The molecule has 1 atom stereocenters. The van der Waals surface area contributed by atoms with Gasteiger partial charge in [-0.1, -0.05) is 18.8 Å². The second-order valence-electron chi connectivity index (χ2n) is 6.15. The highest BCUT2D eigenvalue weighted by Gasteiger charge is 2.29. The average Bonchev–Trinajstić information content (AvgIpc) is 2.91. The third-order valence-corrected chi connectivity index (χ3v) is 5.32. The molecule has 0 radical (unpaired) electrons. The number of carbonyl (C=O) groups is 2. The zero-order valence-corrected chi connectivity index (χ0v) is 15.4. The van der Waals surface area contributed by atoms with E-state index in [1.54, 1.807) is 4.90 Å². The first-order valence-electron chi connectivity index (χ1n) is 8.12. The number of thiophene rings is 1. The Kier molecular flexibility index (Phi) is 6.64. The molecular weight excluding hydrogens is 336 g/mol. The van der Waals surface area contributed by atoms with Crippen molar-refractivity contribution in [2.24, 2.45) is 5.92 Å². The molecule has 0 saturated heterocycles. The summed E-state index contributed by atoms with van der Waals surface area (Å²) in [6.07, 6.45) is 13.4. The fourth-order valence-corrected chi connectivity index (χ4v) is 4.37. The molecule has 132 valence electrons. The second-order valence-corrected chi connectivity index (χ2v) is 7.25. The van der Waals surface area contributed by atoms with E-state index in [0.29, 0.717) is 29.6 Å². The molecule has 0 aliphatic heterocycles. The molecule has 0 saturated carbocycles. The van der Waals surface area contributed by atoms with Gasteiger partial charge in [-0.2, -0.15) is 0 Å². The number of terminal acetylenes is 2. The Morgan fingerprint density at radius 1 is 1.36 bits per heavy atom. The van der Waals surface area contributed by atoms with E-state index >= 15 is 0 Å². The van der Waals surface area contributed by atoms with Crippen molar-refractivity contribution in [2.75, 3.05) is 32.1 Å². The zero-order chi connectivity index (χ0) is 18.4. The van der Waals surface area contributed by atoms with Gasteiger partial charge in [0.1, 0.15) is 5.00 Å². The van der Waals surface area contributed by atoms with Gasteiger partial charge in [-0.15, -0.1) is 24.2 Å². The van der Waals surface area contributed by atoms with Crippen LogP contribution in [0.3, 0.4) is 0 Å². The Hall–Kier alpha value is -2.28. The summed E-state index contributed by atoms with van der Waals surface area (Å²) >= 11 is 1.46. The van der Waals surface area contributed by atoms with Crippen LogP contribution in [0.15, 0.2) is 0 Å². The van der Waals surface area contributed by atoms with Crippen molar-refractivity contribution in [1.29, 1.82) is 0 Å². The van der Waals surface area contributed by atoms with Crippen molar-refractivity contribution < 1.29 is 14.3 Å². The summed E-state index contributed by atoms with van der Waals surface area (Å²) in [5.41, 5.74) is 1.50. The smallest absolute Gasteiger partial charge is 0.341 e. The molecule has 25 heavy (non-hydrogen) atoms. The predicted molar refractivity (Wildman–Crippen MR) is 99.6 cm³/mol. The Morgan fingerprint density at radius 3 is 2.64 bits per heavy atom. The molecule has 0 spiro atoms. The number of anilines is 1. The quantitative estimate of drug-likeness (QED) is 0.625. The summed E-state index contributed by atoms with van der Waals surface area (Å²) in [4.78, 5) is 27.4. The maximum atomic E-state index is 12.4. The van der Waals surface area contributed by atoms with Crippen LogP contribution in [-0.4, -0.2) is 43.5 Å². The van der Waals surface area contributed by atoms with Crippen molar-refractivity contribution in [3.05, 3.63) is 16.0 Å². The number of carbonyl (C=O) groups excluding carboxylic acids is 2. The second kappa shape index (κ2) is 8.71. The van der Waals surface area contributed by atoms with Gasteiger partial charge in [0.15, 0.2) is 0 Å². The first-order chi connectivity index (χ1) is 12.0. The summed E-state index contributed by atoms with van der Waals surface area (Å²) < 4.78 is 4.92. The van der Waals surface area contributed by atoms with E-state index < -0.39 is 5.97 Å². The minimum absolute atomic E-state index is 0.0774. The lowest BCUT2D eigenvalue weighted by Gasteiger charge is -2.18.